The van der Waals surface area contributed by atoms with Crippen molar-refractivity contribution in [2.45, 2.75) is 13.0 Å². The lowest BCUT2D eigenvalue weighted by Gasteiger charge is -2.10. The molecule has 0 bridgehead atoms. The van der Waals surface area contributed by atoms with E-state index < -0.39 is 5.82 Å². The number of nitrogens with zero attached hydrogens (tertiary/aromatic N) is 2. The number of rotatable bonds is 5. The van der Waals surface area contributed by atoms with Crippen molar-refractivity contribution in [3.63, 3.8) is 0 Å². The smallest absolute Gasteiger partial charge is 0.146 e. The largest absolute Gasteiger partial charge is 0.506 e. The minimum Gasteiger partial charge on any atom is -0.506 e. The first-order valence-electron chi connectivity index (χ1n) is 9.26. The highest BCUT2D eigenvalue weighted by Crippen LogP contribution is 2.31. The van der Waals surface area contributed by atoms with E-state index in [1.165, 1.54) is 12.3 Å². The Morgan fingerprint density at radius 3 is 2.87 bits per heavy atom. The quantitative estimate of drug-likeness (QED) is 0.367. The molecule has 6 nitrogen and oxygen atoms in total. The summed E-state index contributed by atoms with van der Waals surface area (Å²) in [6.07, 6.45) is 3.39. The van der Waals surface area contributed by atoms with Crippen molar-refractivity contribution in [2.24, 2.45) is 0 Å². The van der Waals surface area contributed by atoms with Crippen LogP contribution in [0.2, 0.25) is 5.02 Å². The lowest BCUT2D eigenvalue weighted by molar-refractivity contribution is 0.296. The van der Waals surface area contributed by atoms with Crippen molar-refractivity contribution in [1.29, 1.82) is 0 Å². The van der Waals surface area contributed by atoms with Crippen molar-refractivity contribution in [3.05, 3.63) is 82.6 Å². The molecule has 8 heteroatoms. The minimum absolute atomic E-state index is 0.0520. The van der Waals surface area contributed by atoms with E-state index in [-0.39, 0.29) is 18.1 Å². The fourth-order valence-corrected chi connectivity index (χ4v) is 3.67. The molecule has 2 aromatic carbocycles. The van der Waals surface area contributed by atoms with Crippen LogP contribution in [0.3, 0.4) is 0 Å². The Kier molecular flexibility index (Phi) is 4.52. The molecule has 0 aliphatic heterocycles. The maximum Gasteiger partial charge on any atom is 0.146 e. The first-order valence-corrected chi connectivity index (χ1v) is 9.64. The van der Waals surface area contributed by atoms with E-state index in [0.29, 0.717) is 28.5 Å². The van der Waals surface area contributed by atoms with Crippen LogP contribution in [0, 0.1) is 5.82 Å². The number of aromatic nitrogens is 4. The third-order valence-electron chi connectivity index (χ3n) is 4.89. The van der Waals surface area contributed by atoms with Gasteiger partial charge < -0.3 is 19.8 Å². The van der Waals surface area contributed by atoms with Crippen molar-refractivity contribution < 1.29 is 14.2 Å². The number of ether oxygens (including phenoxy) is 1. The van der Waals surface area contributed by atoms with Gasteiger partial charge in [0.15, 0.2) is 0 Å². The summed E-state index contributed by atoms with van der Waals surface area (Å²) in [5.41, 5.74) is 3.59. The summed E-state index contributed by atoms with van der Waals surface area (Å²) in [6, 6.07) is 12.1. The average molecular weight is 423 g/mol. The van der Waals surface area contributed by atoms with Crippen LogP contribution >= 0.6 is 11.6 Å². The summed E-state index contributed by atoms with van der Waals surface area (Å²) in [6.45, 7) is 0.139. The van der Waals surface area contributed by atoms with E-state index in [4.69, 9.17) is 16.3 Å². The molecule has 0 aliphatic rings. The highest BCUT2D eigenvalue weighted by molar-refractivity contribution is 6.32. The molecule has 5 rings (SSSR count). The van der Waals surface area contributed by atoms with Gasteiger partial charge >= 0.3 is 0 Å². The van der Waals surface area contributed by atoms with Gasteiger partial charge in [-0.3, -0.25) is 0 Å². The molecule has 3 N–H and O–H groups in total. The second kappa shape index (κ2) is 7.35. The molecule has 3 heterocycles. The molecule has 0 saturated heterocycles. The molecule has 0 saturated carbocycles. The number of imidazole rings is 1. The zero-order valence-corrected chi connectivity index (χ0v) is 16.4. The number of hydrogen-bond acceptors (Lipinski definition) is 4. The molecule has 0 amide bonds. The topological polar surface area (TPSA) is 86.8 Å². The van der Waals surface area contributed by atoms with Gasteiger partial charge in [0.05, 0.1) is 22.3 Å². The van der Waals surface area contributed by atoms with E-state index in [0.717, 1.165) is 22.0 Å². The summed E-state index contributed by atoms with van der Waals surface area (Å²) in [5, 5.41) is 10.7. The Morgan fingerprint density at radius 1 is 1.13 bits per heavy atom. The van der Waals surface area contributed by atoms with Crippen LogP contribution in [0.25, 0.3) is 22.1 Å². The maximum atomic E-state index is 14.8. The van der Waals surface area contributed by atoms with Crippen LogP contribution in [0.1, 0.15) is 17.0 Å². The van der Waals surface area contributed by atoms with E-state index in [9.17, 15) is 9.50 Å². The average Bonchev–Trinajstić information content (AvgIpc) is 3.33. The van der Waals surface area contributed by atoms with Crippen molar-refractivity contribution in [2.75, 3.05) is 0 Å². The molecule has 0 fully saturated rings. The maximum absolute atomic E-state index is 14.8. The van der Waals surface area contributed by atoms with Gasteiger partial charge in [0, 0.05) is 24.1 Å². The predicted octanol–water partition coefficient (Wildman–Crippen LogP) is 5.11. The van der Waals surface area contributed by atoms with Gasteiger partial charge in [0.25, 0.3) is 0 Å². The zero-order chi connectivity index (χ0) is 20.7. The molecular formula is C22H16ClFN4O2. The highest BCUT2D eigenvalue weighted by Gasteiger charge is 2.14. The van der Waals surface area contributed by atoms with E-state index in [1.54, 1.807) is 18.3 Å². The number of aromatic hydroxyl groups is 1. The second-order valence-corrected chi connectivity index (χ2v) is 7.35. The third kappa shape index (κ3) is 3.44. The van der Waals surface area contributed by atoms with Crippen molar-refractivity contribution in [3.8, 4) is 11.5 Å². The van der Waals surface area contributed by atoms with Crippen molar-refractivity contribution >= 4 is 33.7 Å². The van der Waals surface area contributed by atoms with Gasteiger partial charge in [-0.05, 0) is 35.4 Å². The van der Waals surface area contributed by atoms with E-state index in [2.05, 4.69) is 19.9 Å². The number of halogens is 2. The number of pyridine rings is 1. The predicted molar refractivity (Wildman–Crippen MR) is 112 cm³/mol. The Hall–Kier alpha value is -3.58. The van der Waals surface area contributed by atoms with Crippen LogP contribution < -0.4 is 4.74 Å². The monoisotopic (exact) mass is 422 g/mol. The molecule has 0 spiro atoms. The van der Waals surface area contributed by atoms with Gasteiger partial charge in [0.2, 0.25) is 0 Å². The van der Waals surface area contributed by atoms with Gasteiger partial charge in [-0.25, -0.2) is 14.4 Å². The van der Waals surface area contributed by atoms with Gasteiger partial charge in [-0.2, -0.15) is 0 Å². The zero-order valence-electron chi connectivity index (χ0n) is 15.6. The van der Waals surface area contributed by atoms with E-state index in [1.807, 2.05) is 24.3 Å². The Labute approximate surface area is 175 Å². The van der Waals surface area contributed by atoms with Gasteiger partial charge in [0.1, 0.15) is 35.4 Å². The summed E-state index contributed by atoms with van der Waals surface area (Å²) in [4.78, 5) is 14.7. The molecule has 5 aromatic rings. The lowest BCUT2D eigenvalue weighted by atomic mass is 10.0. The highest BCUT2D eigenvalue weighted by atomic mass is 35.5. The summed E-state index contributed by atoms with van der Waals surface area (Å²) in [5.74, 6) is 0.497. The molecule has 0 aliphatic carbocycles. The minimum atomic E-state index is -0.429. The fraction of sp³-hybridized carbons (Fsp3) is 0.0909. The van der Waals surface area contributed by atoms with Crippen LogP contribution in [-0.4, -0.2) is 25.0 Å². The Morgan fingerprint density at radius 2 is 2.00 bits per heavy atom. The lowest BCUT2D eigenvalue weighted by Crippen LogP contribution is -2.00. The number of fused-ring (bicyclic) bond motifs is 2. The standard InChI is InChI=1S/C22H16ClFN4O2/c23-16-6-12(5-13-9-25-22-15(13)7-14(29)10-26-22)17(24)8-20(16)30-11-21-27-18-3-1-2-4-19(18)28-21/h1-4,6-10,29H,5,11H2,(H,25,26)(H,27,28). The van der Waals surface area contributed by atoms with Crippen molar-refractivity contribution in [1.82, 2.24) is 19.9 Å². The number of hydrogen-bond donors (Lipinski definition) is 3. The molecule has 0 unspecified atom stereocenters. The number of H-pyrrole nitrogens is 2. The Bertz CT molecular complexity index is 1350. The molecule has 30 heavy (non-hydrogen) atoms. The molecule has 150 valence electrons. The summed E-state index contributed by atoms with van der Waals surface area (Å²) in [7, 11) is 0. The number of aromatic amines is 2. The summed E-state index contributed by atoms with van der Waals surface area (Å²) >= 11 is 6.35. The summed E-state index contributed by atoms with van der Waals surface area (Å²) < 4.78 is 20.5. The number of benzene rings is 2. The van der Waals surface area contributed by atoms with E-state index >= 15 is 0 Å². The first-order chi connectivity index (χ1) is 14.6. The van der Waals surface area contributed by atoms with Crippen LogP contribution in [0.15, 0.2) is 54.9 Å². The molecule has 3 aromatic heterocycles. The first kappa shape index (κ1) is 18.4. The van der Waals surface area contributed by atoms with Gasteiger partial charge in [-0.1, -0.05) is 23.7 Å². The molecule has 0 radical (unpaired) electrons. The number of para-hydroxylation sites is 2. The Balaban J connectivity index is 1.37. The molecular weight excluding hydrogens is 407 g/mol. The normalized spacial score (nSPS) is 11.4. The van der Waals surface area contributed by atoms with Crippen LogP contribution in [0.4, 0.5) is 4.39 Å². The van der Waals surface area contributed by atoms with Crippen LogP contribution in [0.5, 0.6) is 11.5 Å². The number of nitrogens with one attached hydrogen (secondary N) is 2. The fourth-order valence-electron chi connectivity index (χ4n) is 3.43. The van der Waals surface area contributed by atoms with Gasteiger partial charge in [-0.15, -0.1) is 0 Å². The third-order valence-corrected chi connectivity index (χ3v) is 5.18. The second-order valence-electron chi connectivity index (χ2n) is 6.94. The molecule has 0 atom stereocenters. The van der Waals surface area contributed by atoms with Crippen LogP contribution in [-0.2, 0) is 13.0 Å². The SMILES string of the molecule is Oc1cnc2[nH]cc(Cc3cc(Cl)c(OCc4nc5ccccc5[nH]4)cc3F)c2c1.